The van der Waals surface area contributed by atoms with Gasteiger partial charge in [-0.25, -0.2) is 0 Å². The molecule has 0 saturated carbocycles. The molecule has 24 heavy (non-hydrogen) atoms. The third-order valence-corrected chi connectivity index (χ3v) is 3.81. The van der Waals surface area contributed by atoms with Gasteiger partial charge in [0.2, 0.25) is 0 Å². The topological polar surface area (TPSA) is 67.2 Å². The van der Waals surface area contributed by atoms with Gasteiger partial charge in [-0.1, -0.05) is 24.3 Å². The third-order valence-electron chi connectivity index (χ3n) is 3.81. The van der Waals surface area contributed by atoms with Gasteiger partial charge in [-0.15, -0.1) is 0 Å². The minimum atomic E-state index is 0.522. The number of para-hydroxylation sites is 1. The summed E-state index contributed by atoms with van der Waals surface area (Å²) in [4.78, 5) is 4.32. The number of fused-ring (bicyclic) bond motifs is 1. The summed E-state index contributed by atoms with van der Waals surface area (Å²) in [5.41, 5.74) is 3.19. The van der Waals surface area contributed by atoms with Gasteiger partial charge in [-0.3, -0.25) is 4.98 Å². The molecule has 1 heterocycles. The van der Waals surface area contributed by atoms with Crippen LogP contribution in [0.4, 0.5) is 5.69 Å². The molecule has 1 aromatic heterocycles. The van der Waals surface area contributed by atoms with Crippen molar-refractivity contribution in [1.82, 2.24) is 4.98 Å². The van der Waals surface area contributed by atoms with Crippen molar-refractivity contribution in [3.63, 3.8) is 0 Å². The summed E-state index contributed by atoms with van der Waals surface area (Å²) in [5, 5.41) is 13.6. The molecule has 0 spiro atoms. The Morgan fingerprint density at radius 2 is 1.88 bits per heavy atom. The molecular formula is C19H17N3O2. The van der Waals surface area contributed by atoms with Crippen LogP contribution in [0.5, 0.6) is 11.5 Å². The molecule has 0 radical (unpaired) electrons. The van der Waals surface area contributed by atoms with E-state index in [1.165, 1.54) is 0 Å². The average molecular weight is 319 g/mol. The number of rotatable bonds is 5. The van der Waals surface area contributed by atoms with E-state index < -0.39 is 0 Å². The lowest BCUT2D eigenvalue weighted by Gasteiger charge is -2.13. The molecule has 1 N–H and O–H groups in total. The van der Waals surface area contributed by atoms with Crippen LogP contribution < -0.4 is 14.8 Å². The number of nitrogens with one attached hydrogen (secondary N) is 1. The molecule has 3 rings (SSSR count). The molecule has 0 unspecified atom stereocenters. The maximum absolute atomic E-state index is 9.36. The van der Waals surface area contributed by atoms with Gasteiger partial charge in [0.15, 0.2) is 11.5 Å². The van der Waals surface area contributed by atoms with Crippen LogP contribution in [-0.2, 0) is 6.54 Å². The van der Waals surface area contributed by atoms with Crippen molar-refractivity contribution in [3.8, 4) is 17.6 Å². The van der Waals surface area contributed by atoms with Gasteiger partial charge < -0.3 is 14.8 Å². The smallest absolute Gasteiger partial charge is 0.161 e. The predicted octanol–water partition coefficient (Wildman–Crippen LogP) is 3.74. The van der Waals surface area contributed by atoms with Crippen LogP contribution in [0.1, 0.15) is 11.1 Å². The fourth-order valence-electron chi connectivity index (χ4n) is 2.60. The lowest BCUT2D eigenvalue weighted by Crippen LogP contribution is -2.03. The van der Waals surface area contributed by atoms with Gasteiger partial charge in [-0.2, -0.15) is 5.26 Å². The number of methoxy groups -OCH3 is 2. The van der Waals surface area contributed by atoms with Crippen molar-refractivity contribution in [2.24, 2.45) is 0 Å². The highest BCUT2D eigenvalue weighted by Crippen LogP contribution is 2.29. The highest BCUT2D eigenvalue weighted by molar-refractivity contribution is 5.93. The summed E-state index contributed by atoms with van der Waals surface area (Å²) in [6.07, 6.45) is 1.60. The van der Waals surface area contributed by atoms with E-state index in [0.717, 1.165) is 22.2 Å². The Balaban J connectivity index is 1.92. The van der Waals surface area contributed by atoms with Gasteiger partial charge in [0.25, 0.3) is 0 Å². The monoisotopic (exact) mass is 319 g/mol. The zero-order chi connectivity index (χ0) is 16.9. The van der Waals surface area contributed by atoms with Crippen molar-refractivity contribution in [2.45, 2.75) is 6.54 Å². The first-order valence-corrected chi connectivity index (χ1v) is 7.49. The van der Waals surface area contributed by atoms with Gasteiger partial charge in [0, 0.05) is 18.1 Å². The Kier molecular flexibility index (Phi) is 4.48. The van der Waals surface area contributed by atoms with Crippen LogP contribution in [0.25, 0.3) is 10.9 Å². The number of anilines is 1. The normalized spacial score (nSPS) is 10.2. The van der Waals surface area contributed by atoms with Crippen molar-refractivity contribution in [2.75, 3.05) is 19.5 Å². The molecule has 0 aliphatic rings. The summed E-state index contributed by atoms with van der Waals surface area (Å²) in [6, 6.07) is 15.7. The van der Waals surface area contributed by atoms with Crippen molar-refractivity contribution >= 4 is 16.6 Å². The van der Waals surface area contributed by atoms with E-state index in [1.807, 2.05) is 42.5 Å². The third kappa shape index (κ3) is 2.95. The Morgan fingerprint density at radius 3 is 2.62 bits per heavy atom. The number of ether oxygens (including phenoxy) is 2. The highest BCUT2D eigenvalue weighted by atomic mass is 16.5. The van der Waals surface area contributed by atoms with Crippen molar-refractivity contribution in [3.05, 3.63) is 59.8 Å². The van der Waals surface area contributed by atoms with E-state index in [4.69, 9.17) is 9.47 Å². The molecule has 3 aromatic rings. The van der Waals surface area contributed by atoms with Crippen molar-refractivity contribution in [1.29, 1.82) is 5.26 Å². The van der Waals surface area contributed by atoms with Crippen LogP contribution in [0.2, 0.25) is 0 Å². The van der Waals surface area contributed by atoms with Crippen molar-refractivity contribution < 1.29 is 9.47 Å². The Bertz CT molecular complexity index is 916. The number of hydrogen-bond acceptors (Lipinski definition) is 5. The second kappa shape index (κ2) is 6.88. The Morgan fingerprint density at radius 1 is 1.08 bits per heavy atom. The van der Waals surface area contributed by atoms with Crippen LogP contribution in [0.3, 0.4) is 0 Å². The summed E-state index contributed by atoms with van der Waals surface area (Å²) in [6.45, 7) is 0.559. The zero-order valence-corrected chi connectivity index (χ0v) is 13.5. The SMILES string of the molecule is COc1ccc(CNc2c(C#N)cnc3ccccc23)cc1OC. The highest BCUT2D eigenvalue weighted by Gasteiger charge is 2.09. The summed E-state index contributed by atoms with van der Waals surface area (Å²) in [7, 11) is 3.22. The van der Waals surface area contributed by atoms with Gasteiger partial charge >= 0.3 is 0 Å². The average Bonchev–Trinajstić information content (AvgIpc) is 2.65. The number of aromatic nitrogens is 1. The first kappa shape index (κ1) is 15.6. The maximum Gasteiger partial charge on any atom is 0.161 e. The maximum atomic E-state index is 9.36. The summed E-state index contributed by atoms with van der Waals surface area (Å²) >= 11 is 0. The molecule has 2 aromatic carbocycles. The molecule has 5 heteroatoms. The van der Waals surface area contributed by atoms with Crippen LogP contribution in [0, 0.1) is 11.3 Å². The lowest BCUT2D eigenvalue weighted by molar-refractivity contribution is 0.354. The molecule has 0 aliphatic carbocycles. The van der Waals surface area contributed by atoms with E-state index in [2.05, 4.69) is 16.4 Å². The zero-order valence-electron chi connectivity index (χ0n) is 13.5. The van der Waals surface area contributed by atoms with Gasteiger partial charge in [0.05, 0.1) is 31.0 Å². The minimum absolute atomic E-state index is 0.522. The molecular weight excluding hydrogens is 302 g/mol. The van der Waals surface area contributed by atoms with E-state index in [9.17, 15) is 5.26 Å². The number of nitrogens with zero attached hydrogens (tertiary/aromatic N) is 2. The van der Waals surface area contributed by atoms with Gasteiger partial charge in [0.1, 0.15) is 6.07 Å². The Labute approximate surface area is 140 Å². The molecule has 0 bridgehead atoms. The Hall–Kier alpha value is -3.26. The fraction of sp³-hybridized carbons (Fsp3) is 0.158. The molecule has 0 atom stereocenters. The van der Waals surface area contributed by atoms with E-state index in [0.29, 0.717) is 23.6 Å². The predicted molar refractivity (Wildman–Crippen MR) is 93.3 cm³/mol. The van der Waals surface area contributed by atoms with Crippen LogP contribution in [0.15, 0.2) is 48.7 Å². The lowest BCUT2D eigenvalue weighted by atomic mass is 10.1. The summed E-state index contributed by atoms with van der Waals surface area (Å²) in [5.74, 6) is 1.37. The largest absolute Gasteiger partial charge is 0.493 e. The van der Waals surface area contributed by atoms with E-state index in [1.54, 1.807) is 20.4 Å². The first-order valence-electron chi connectivity index (χ1n) is 7.49. The molecule has 0 aliphatic heterocycles. The number of hydrogen-bond donors (Lipinski definition) is 1. The quantitative estimate of drug-likeness (QED) is 0.776. The molecule has 0 fully saturated rings. The van der Waals surface area contributed by atoms with E-state index in [-0.39, 0.29) is 0 Å². The van der Waals surface area contributed by atoms with Crippen LogP contribution >= 0.6 is 0 Å². The summed E-state index contributed by atoms with van der Waals surface area (Å²) < 4.78 is 10.6. The standard InChI is InChI=1S/C19H17N3O2/c1-23-17-8-7-13(9-18(17)24-2)11-22-19-14(10-20)12-21-16-6-4-3-5-15(16)19/h3-9,12H,11H2,1-2H3,(H,21,22). The van der Waals surface area contributed by atoms with Crippen LogP contribution in [-0.4, -0.2) is 19.2 Å². The first-order chi connectivity index (χ1) is 11.8. The molecule has 0 amide bonds. The minimum Gasteiger partial charge on any atom is -0.493 e. The second-order valence-corrected chi connectivity index (χ2v) is 5.22. The molecule has 0 saturated heterocycles. The molecule has 120 valence electrons. The number of nitriles is 1. The second-order valence-electron chi connectivity index (χ2n) is 5.22. The number of pyridine rings is 1. The number of benzene rings is 2. The fourth-order valence-corrected chi connectivity index (χ4v) is 2.60. The van der Waals surface area contributed by atoms with Gasteiger partial charge in [-0.05, 0) is 23.8 Å². The molecule has 5 nitrogen and oxygen atoms in total. The van der Waals surface area contributed by atoms with E-state index >= 15 is 0 Å².